The Morgan fingerprint density at radius 2 is 2.12 bits per heavy atom. The number of aryl methyl sites for hydroxylation is 1. The average molecular weight is 344 g/mol. The first kappa shape index (κ1) is 16.9. The Hall–Kier alpha value is -2.96. The maximum Gasteiger partial charge on any atom is 0.337 e. The number of hydrogen-bond acceptors (Lipinski definition) is 4. The van der Waals surface area contributed by atoms with Crippen molar-refractivity contribution < 1.29 is 23.8 Å². The zero-order valence-corrected chi connectivity index (χ0v) is 13.6. The number of rotatable bonds is 3. The van der Waals surface area contributed by atoms with E-state index in [1.165, 1.54) is 31.2 Å². The molecule has 6 nitrogen and oxygen atoms in total. The lowest BCUT2D eigenvalue weighted by Crippen LogP contribution is -2.29. The number of carbonyl (C=O) groups is 2. The van der Waals surface area contributed by atoms with Gasteiger partial charge in [0.05, 0.1) is 23.9 Å². The van der Waals surface area contributed by atoms with Gasteiger partial charge in [-0.1, -0.05) is 0 Å². The van der Waals surface area contributed by atoms with E-state index in [0.717, 1.165) is 0 Å². The van der Waals surface area contributed by atoms with Crippen molar-refractivity contribution in [2.75, 3.05) is 6.61 Å². The second-order valence-electron chi connectivity index (χ2n) is 5.83. The average Bonchev–Trinajstić information content (AvgIpc) is 2.76. The number of nitrogens with zero attached hydrogens (tertiary/aromatic N) is 1. The van der Waals surface area contributed by atoms with Gasteiger partial charge in [-0.05, 0) is 50.1 Å². The zero-order valence-electron chi connectivity index (χ0n) is 13.6. The molecule has 0 fully saturated rings. The molecule has 0 saturated heterocycles. The van der Waals surface area contributed by atoms with Crippen LogP contribution in [0, 0.1) is 12.7 Å². The van der Waals surface area contributed by atoms with Crippen LogP contribution in [0.3, 0.4) is 0 Å². The van der Waals surface area contributed by atoms with E-state index in [1.807, 2.05) is 0 Å². The number of nitrogens with one attached hydrogen (secondary N) is 1. The van der Waals surface area contributed by atoms with E-state index in [4.69, 9.17) is 9.84 Å². The lowest BCUT2D eigenvalue weighted by atomic mass is 10.0. The SMILES string of the molecule is Cc1nc(C(=O)NC2CCCOc3ccc(F)cc32)ccc1C(=O)O. The minimum Gasteiger partial charge on any atom is -0.493 e. The van der Waals surface area contributed by atoms with Crippen molar-refractivity contribution in [3.05, 3.63) is 58.7 Å². The number of fused-ring (bicyclic) bond motifs is 1. The number of aromatic carboxylic acids is 1. The summed E-state index contributed by atoms with van der Waals surface area (Å²) >= 11 is 0. The number of benzene rings is 1. The summed E-state index contributed by atoms with van der Waals surface area (Å²) in [6.45, 7) is 2.03. The molecule has 2 N–H and O–H groups in total. The molecule has 0 radical (unpaired) electrons. The highest BCUT2D eigenvalue weighted by molar-refractivity contribution is 5.94. The van der Waals surface area contributed by atoms with Gasteiger partial charge in [-0.15, -0.1) is 0 Å². The van der Waals surface area contributed by atoms with Crippen molar-refractivity contribution in [2.45, 2.75) is 25.8 Å². The molecule has 0 aliphatic carbocycles. The summed E-state index contributed by atoms with van der Waals surface area (Å²) in [4.78, 5) is 27.6. The Bertz CT molecular complexity index is 838. The molecule has 7 heteroatoms. The summed E-state index contributed by atoms with van der Waals surface area (Å²) in [6, 6.07) is 6.55. The molecule has 1 unspecified atom stereocenters. The van der Waals surface area contributed by atoms with Crippen LogP contribution in [0.1, 0.15) is 51.0 Å². The molecule has 0 saturated carbocycles. The van der Waals surface area contributed by atoms with E-state index in [1.54, 1.807) is 6.07 Å². The monoisotopic (exact) mass is 344 g/mol. The second kappa shape index (κ2) is 6.88. The van der Waals surface area contributed by atoms with Crippen molar-refractivity contribution in [3.63, 3.8) is 0 Å². The molecule has 0 spiro atoms. The second-order valence-corrected chi connectivity index (χ2v) is 5.83. The number of carboxylic acid groups (broad SMARTS) is 1. The molecular formula is C18H17FN2O4. The van der Waals surface area contributed by atoms with Gasteiger partial charge in [0.25, 0.3) is 5.91 Å². The van der Waals surface area contributed by atoms with E-state index in [-0.39, 0.29) is 17.0 Å². The molecule has 2 aromatic rings. The van der Waals surface area contributed by atoms with Gasteiger partial charge in [0.1, 0.15) is 17.3 Å². The first-order chi connectivity index (χ1) is 12.0. The lowest BCUT2D eigenvalue weighted by molar-refractivity contribution is 0.0694. The summed E-state index contributed by atoms with van der Waals surface area (Å²) in [6.07, 6.45) is 1.32. The number of carboxylic acids is 1. The van der Waals surface area contributed by atoms with Crippen molar-refractivity contribution >= 4 is 11.9 Å². The molecule has 1 aromatic carbocycles. The highest BCUT2D eigenvalue weighted by Crippen LogP contribution is 2.32. The number of ether oxygens (including phenoxy) is 1. The van der Waals surface area contributed by atoms with Crippen LogP contribution >= 0.6 is 0 Å². The molecule has 0 bridgehead atoms. The van der Waals surface area contributed by atoms with Gasteiger partial charge in [0, 0.05) is 5.56 Å². The molecule has 1 atom stereocenters. The third-order valence-electron chi connectivity index (χ3n) is 4.10. The first-order valence-corrected chi connectivity index (χ1v) is 7.90. The Balaban J connectivity index is 1.85. The predicted molar refractivity (Wildman–Crippen MR) is 87.3 cm³/mol. The number of aromatic nitrogens is 1. The number of pyridine rings is 1. The molecule has 2 heterocycles. The van der Waals surface area contributed by atoms with Crippen molar-refractivity contribution in [3.8, 4) is 5.75 Å². The molecular weight excluding hydrogens is 327 g/mol. The fraction of sp³-hybridized carbons (Fsp3) is 0.278. The van der Waals surface area contributed by atoms with E-state index >= 15 is 0 Å². The van der Waals surface area contributed by atoms with Crippen LogP contribution in [0.5, 0.6) is 5.75 Å². The summed E-state index contributed by atoms with van der Waals surface area (Å²) in [5.74, 6) is -1.39. The summed E-state index contributed by atoms with van der Waals surface area (Å²) in [5, 5.41) is 11.9. The maximum atomic E-state index is 13.6. The van der Waals surface area contributed by atoms with E-state index < -0.39 is 23.7 Å². The highest BCUT2D eigenvalue weighted by Gasteiger charge is 2.23. The normalized spacial score (nSPS) is 16.3. The van der Waals surface area contributed by atoms with Crippen LogP contribution < -0.4 is 10.1 Å². The topological polar surface area (TPSA) is 88.5 Å². The van der Waals surface area contributed by atoms with Gasteiger partial charge in [-0.2, -0.15) is 0 Å². The van der Waals surface area contributed by atoms with Crippen LogP contribution in [-0.4, -0.2) is 28.6 Å². The quantitative estimate of drug-likeness (QED) is 0.894. The smallest absolute Gasteiger partial charge is 0.337 e. The zero-order chi connectivity index (χ0) is 18.0. The van der Waals surface area contributed by atoms with Gasteiger partial charge in [-0.3, -0.25) is 4.79 Å². The lowest BCUT2D eigenvalue weighted by Gasteiger charge is -2.18. The Kier molecular flexibility index (Phi) is 4.65. The van der Waals surface area contributed by atoms with E-state index in [9.17, 15) is 14.0 Å². The standard InChI is InChI=1S/C18H17FN2O4/c1-10-12(18(23)24)5-6-15(20-10)17(22)21-14-3-2-8-25-16-7-4-11(19)9-13(14)16/h4-7,9,14H,2-3,8H2,1H3,(H,21,22)(H,23,24). The van der Waals surface area contributed by atoms with Crippen LogP contribution in [0.25, 0.3) is 0 Å². The first-order valence-electron chi connectivity index (χ1n) is 7.90. The minimum atomic E-state index is -1.10. The predicted octanol–water partition coefficient (Wildman–Crippen LogP) is 2.87. The summed E-state index contributed by atoms with van der Waals surface area (Å²) < 4.78 is 19.2. The number of halogens is 1. The van der Waals surface area contributed by atoms with E-state index in [2.05, 4.69) is 10.3 Å². The Labute approximate surface area is 143 Å². The Morgan fingerprint density at radius 3 is 2.84 bits per heavy atom. The molecule has 130 valence electrons. The third-order valence-corrected chi connectivity index (χ3v) is 4.10. The van der Waals surface area contributed by atoms with Gasteiger partial charge in [-0.25, -0.2) is 14.2 Å². The van der Waals surface area contributed by atoms with Crippen LogP contribution in [0.4, 0.5) is 4.39 Å². The molecule has 1 aliphatic rings. The van der Waals surface area contributed by atoms with E-state index in [0.29, 0.717) is 30.8 Å². The highest BCUT2D eigenvalue weighted by atomic mass is 19.1. The molecule has 1 aromatic heterocycles. The minimum absolute atomic E-state index is 0.0480. The van der Waals surface area contributed by atoms with Crippen LogP contribution in [-0.2, 0) is 0 Å². The fourth-order valence-electron chi connectivity index (χ4n) is 2.84. The van der Waals surface area contributed by atoms with Crippen molar-refractivity contribution in [1.29, 1.82) is 0 Å². The third kappa shape index (κ3) is 3.60. The van der Waals surface area contributed by atoms with Gasteiger partial charge < -0.3 is 15.2 Å². The van der Waals surface area contributed by atoms with Gasteiger partial charge in [0.2, 0.25) is 0 Å². The van der Waals surface area contributed by atoms with Gasteiger partial charge in [0.15, 0.2) is 0 Å². The molecule has 1 amide bonds. The molecule has 3 rings (SSSR count). The summed E-state index contributed by atoms with van der Waals surface area (Å²) in [5.41, 5.74) is 1.01. The molecule has 1 aliphatic heterocycles. The van der Waals surface area contributed by atoms with Gasteiger partial charge >= 0.3 is 5.97 Å². The number of hydrogen-bond donors (Lipinski definition) is 2. The largest absolute Gasteiger partial charge is 0.493 e. The van der Waals surface area contributed by atoms with Crippen LogP contribution in [0.2, 0.25) is 0 Å². The fourth-order valence-corrected chi connectivity index (χ4v) is 2.84. The summed E-state index contributed by atoms with van der Waals surface area (Å²) in [7, 11) is 0. The van der Waals surface area contributed by atoms with Crippen molar-refractivity contribution in [1.82, 2.24) is 10.3 Å². The van der Waals surface area contributed by atoms with Crippen molar-refractivity contribution in [2.24, 2.45) is 0 Å². The number of carbonyl (C=O) groups excluding carboxylic acids is 1. The molecule has 25 heavy (non-hydrogen) atoms. The van der Waals surface area contributed by atoms with Crippen LogP contribution in [0.15, 0.2) is 30.3 Å². The Morgan fingerprint density at radius 1 is 1.32 bits per heavy atom. The number of amides is 1. The maximum absolute atomic E-state index is 13.6.